The maximum atomic E-state index is 5.98. The monoisotopic (exact) mass is 270 g/mol. The van der Waals surface area contributed by atoms with Gasteiger partial charge in [-0.05, 0) is 43.2 Å². The molecule has 2 aliphatic carbocycles. The third-order valence-electron chi connectivity index (χ3n) is 5.36. The van der Waals surface area contributed by atoms with Crippen LogP contribution in [-0.4, -0.2) is 4.98 Å². The van der Waals surface area contributed by atoms with E-state index in [-0.39, 0.29) is 0 Å². The number of benzene rings is 1. The van der Waals surface area contributed by atoms with E-state index in [1.807, 2.05) is 18.2 Å². The molecule has 0 saturated heterocycles. The van der Waals surface area contributed by atoms with Crippen LogP contribution in [0.25, 0.3) is 11.1 Å². The minimum atomic E-state index is 0.501. The van der Waals surface area contributed by atoms with Gasteiger partial charge in [0.1, 0.15) is 5.52 Å². The van der Waals surface area contributed by atoms with Gasteiger partial charge in [0.15, 0.2) is 11.5 Å². The van der Waals surface area contributed by atoms with Crippen LogP contribution in [0, 0.1) is 11.8 Å². The Morgan fingerprint density at radius 1 is 1.05 bits per heavy atom. The van der Waals surface area contributed by atoms with E-state index in [0.29, 0.717) is 5.92 Å². The number of anilines is 1. The van der Waals surface area contributed by atoms with E-state index in [9.17, 15) is 0 Å². The van der Waals surface area contributed by atoms with Gasteiger partial charge in [-0.3, -0.25) is 0 Å². The predicted octanol–water partition coefficient (Wildman–Crippen LogP) is 4.48. The second-order valence-electron chi connectivity index (χ2n) is 6.56. The topological polar surface area (TPSA) is 52.0 Å². The molecule has 3 atom stereocenters. The lowest BCUT2D eigenvalue weighted by atomic mass is 9.67. The van der Waals surface area contributed by atoms with Crippen LogP contribution in [0.15, 0.2) is 22.6 Å². The average Bonchev–Trinajstić information content (AvgIpc) is 2.92. The highest BCUT2D eigenvalue weighted by atomic mass is 16.3. The number of rotatable bonds is 1. The second kappa shape index (κ2) is 4.80. The summed E-state index contributed by atoms with van der Waals surface area (Å²) in [5.74, 6) is 3.28. The zero-order chi connectivity index (χ0) is 13.5. The van der Waals surface area contributed by atoms with Gasteiger partial charge in [0.2, 0.25) is 0 Å². The Kier molecular flexibility index (Phi) is 2.94. The summed E-state index contributed by atoms with van der Waals surface area (Å²) in [7, 11) is 0. The molecule has 0 aliphatic heterocycles. The fraction of sp³-hybridized carbons (Fsp3) is 0.588. The first-order valence-electron chi connectivity index (χ1n) is 7.96. The van der Waals surface area contributed by atoms with Crippen LogP contribution >= 0.6 is 0 Å². The van der Waals surface area contributed by atoms with Crippen molar-refractivity contribution < 1.29 is 4.42 Å². The SMILES string of the molecule is Nc1cccc2oc(C3CCC4CCCCC4C3)nc12. The Bertz CT molecular complexity index is 618. The second-order valence-corrected chi connectivity index (χ2v) is 6.56. The van der Waals surface area contributed by atoms with Crippen LogP contribution in [0.1, 0.15) is 56.8 Å². The number of nitrogens with zero attached hydrogens (tertiary/aromatic N) is 1. The number of hydrogen-bond acceptors (Lipinski definition) is 3. The first-order chi connectivity index (χ1) is 9.81. The minimum Gasteiger partial charge on any atom is -0.440 e. The normalized spacial score (nSPS) is 30.3. The number of hydrogen-bond donors (Lipinski definition) is 1. The summed E-state index contributed by atoms with van der Waals surface area (Å²) in [5.41, 5.74) is 8.39. The third kappa shape index (κ3) is 2.00. The fourth-order valence-electron chi connectivity index (χ4n) is 4.26. The van der Waals surface area contributed by atoms with Gasteiger partial charge in [-0.25, -0.2) is 4.98 Å². The van der Waals surface area contributed by atoms with Gasteiger partial charge in [0, 0.05) is 5.92 Å². The molecule has 0 radical (unpaired) electrons. The molecule has 106 valence electrons. The molecule has 3 nitrogen and oxygen atoms in total. The molecule has 0 spiro atoms. The third-order valence-corrected chi connectivity index (χ3v) is 5.36. The van der Waals surface area contributed by atoms with E-state index < -0.39 is 0 Å². The summed E-state index contributed by atoms with van der Waals surface area (Å²) >= 11 is 0. The van der Waals surface area contributed by atoms with Crippen LogP contribution in [-0.2, 0) is 0 Å². The number of nitrogens with two attached hydrogens (primary N) is 1. The predicted molar refractivity (Wildman–Crippen MR) is 80.5 cm³/mol. The van der Waals surface area contributed by atoms with Crippen LogP contribution in [0.5, 0.6) is 0 Å². The van der Waals surface area contributed by atoms with Gasteiger partial charge >= 0.3 is 0 Å². The molecular weight excluding hydrogens is 248 g/mol. The molecule has 2 N–H and O–H groups in total. The van der Waals surface area contributed by atoms with Crippen LogP contribution in [0.2, 0.25) is 0 Å². The highest BCUT2D eigenvalue weighted by molar-refractivity contribution is 5.85. The number of aromatic nitrogens is 1. The lowest BCUT2D eigenvalue weighted by Crippen LogP contribution is -2.26. The molecule has 1 aromatic heterocycles. The number of fused-ring (bicyclic) bond motifs is 2. The Balaban J connectivity index is 1.61. The Morgan fingerprint density at radius 2 is 1.90 bits per heavy atom. The van der Waals surface area contributed by atoms with Crippen molar-refractivity contribution in [2.24, 2.45) is 11.8 Å². The van der Waals surface area contributed by atoms with Gasteiger partial charge in [-0.2, -0.15) is 0 Å². The number of para-hydroxylation sites is 1. The van der Waals surface area contributed by atoms with Crippen LogP contribution in [0.4, 0.5) is 5.69 Å². The molecule has 4 rings (SSSR count). The van der Waals surface area contributed by atoms with E-state index in [1.54, 1.807) is 0 Å². The molecule has 1 heterocycles. The first kappa shape index (κ1) is 12.2. The van der Waals surface area contributed by atoms with Crippen molar-refractivity contribution in [3.8, 4) is 0 Å². The van der Waals surface area contributed by atoms with E-state index in [0.717, 1.165) is 34.5 Å². The van der Waals surface area contributed by atoms with Gasteiger partial charge in [0.25, 0.3) is 0 Å². The molecule has 0 amide bonds. The summed E-state index contributed by atoms with van der Waals surface area (Å²) in [6.45, 7) is 0. The van der Waals surface area contributed by atoms with E-state index in [1.165, 1.54) is 44.9 Å². The Labute approximate surface area is 119 Å². The Hall–Kier alpha value is -1.51. The molecule has 3 heteroatoms. The standard InChI is InChI=1S/C17H22N2O/c18-14-6-3-7-15-16(14)19-17(20-15)13-9-8-11-4-1-2-5-12(11)10-13/h3,6-7,11-13H,1-2,4-5,8-10,18H2. The molecule has 1 aromatic carbocycles. The van der Waals surface area contributed by atoms with Crippen molar-refractivity contribution in [2.75, 3.05) is 5.73 Å². The molecular formula is C17H22N2O. The highest BCUT2D eigenvalue weighted by Gasteiger charge is 2.34. The van der Waals surface area contributed by atoms with Crippen LogP contribution in [0.3, 0.4) is 0 Å². The van der Waals surface area contributed by atoms with Gasteiger partial charge in [0.05, 0.1) is 5.69 Å². The summed E-state index contributed by atoms with van der Waals surface area (Å²) in [6, 6.07) is 5.80. The van der Waals surface area contributed by atoms with Crippen molar-refractivity contribution in [1.29, 1.82) is 0 Å². The van der Waals surface area contributed by atoms with Gasteiger partial charge < -0.3 is 10.2 Å². The molecule has 2 saturated carbocycles. The number of oxazole rings is 1. The van der Waals surface area contributed by atoms with Crippen molar-refractivity contribution in [1.82, 2.24) is 4.98 Å². The maximum Gasteiger partial charge on any atom is 0.198 e. The van der Waals surface area contributed by atoms with E-state index in [2.05, 4.69) is 4.98 Å². The molecule has 2 aliphatic rings. The fourth-order valence-corrected chi connectivity index (χ4v) is 4.26. The summed E-state index contributed by atoms with van der Waals surface area (Å²) < 4.78 is 5.98. The lowest BCUT2D eigenvalue weighted by molar-refractivity contribution is 0.147. The van der Waals surface area contributed by atoms with E-state index in [4.69, 9.17) is 10.2 Å². The molecule has 0 bridgehead atoms. The number of nitrogen functional groups attached to an aromatic ring is 1. The van der Waals surface area contributed by atoms with Crippen LogP contribution < -0.4 is 5.73 Å². The minimum absolute atomic E-state index is 0.501. The summed E-state index contributed by atoms with van der Waals surface area (Å²) in [6.07, 6.45) is 9.54. The van der Waals surface area contributed by atoms with Gasteiger partial charge in [-0.1, -0.05) is 31.7 Å². The quantitative estimate of drug-likeness (QED) is 0.777. The lowest BCUT2D eigenvalue weighted by Gasteiger charge is -2.38. The maximum absolute atomic E-state index is 5.98. The Morgan fingerprint density at radius 3 is 2.75 bits per heavy atom. The molecule has 2 fully saturated rings. The van der Waals surface area contributed by atoms with Crippen molar-refractivity contribution in [2.45, 2.75) is 50.9 Å². The largest absolute Gasteiger partial charge is 0.440 e. The molecule has 2 aromatic rings. The molecule has 3 unspecified atom stereocenters. The zero-order valence-electron chi connectivity index (χ0n) is 11.8. The van der Waals surface area contributed by atoms with Crippen molar-refractivity contribution >= 4 is 16.8 Å². The average molecular weight is 270 g/mol. The van der Waals surface area contributed by atoms with Gasteiger partial charge in [-0.15, -0.1) is 0 Å². The highest BCUT2D eigenvalue weighted by Crippen LogP contribution is 2.46. The summed E-state index contributed by atoms with van der Waals surface area (Å²) in [5, 5.41) is 0. The summed E-state index contributed by atoms with van der Waals surface area (Å²) in [4.78, 5) is 4.68. The molecule has 20 heavy (non-hydrogen) atoms. The van der Waals surface area contributed by atoms with Crippen molar-refractivity contribution in [3.05, 3.63) is 24.1 Å². The zero-order valence-corrected chi connectivity index (χ0v) is 11.8. The first-order valence-corrected chi connectivity index (χ1v) is 7.96. The van der Waals surface area contributed by atoms with Crippen molar-refractivity contribution in [3.63, 3.8) is 0 Å². The smallest absolute Gasteiger partial charge is 0.198 e. The van der Waals surface area contributed by atoms with E-state index >= 15 is 0 Å².